The van der Waals surface area contributed by atoms with Gasteiger partial charge in [0.1, 0.15) is 0 Å². The van der Waals surface area contributed by atoms with Gasteiger partial charge in [0, 0.05) is 12.6 Å². The summed E-state index contributed by atoms with van der Waals surface area (Å²) >= 11 is 0. The third-order valence-electron chi connectivity index (χ3n) is 3.40. The zero-order valence-corrected chi connectivity index (χ0v) is 10.3. The lowest BCUT2D eigenvalue weighted by Gasteiger charge is -2.32. The van der Waals surface area contributed by atoms with E-state index in [0.29, 0.717) is 24.9 Å². The monoisotopic (exact) mass is 248 g/mol. The SMILES string of the molecule is CC1COCCN1Cn1c(=O)oc2ccccc21. The average molecular weight is 248 g/mol. The fourth-order valence-electron chi connectivity index (χ4n) is 2.30. The van der Waals surface area contributed by atoms with Crippen molar-refractivity contribution in [2.75, 3.05) is 19.8 Å². The first-order valence-electron chi connectivity index (χ1n) is 6.16. The molecule has 5 nitrogen and oxygen atoms in total. The highest BCUT2D eigenvalue weighted by atomic mass is 16.5. The lowest BCUT2D eigenvalue weighted by molar-refractivity contribution is -0.0155. The van der Waals surface area contributed by atoms with Crippen molar-refractivity contribution in [3.8, 4) is 0 Å². The van der Waals surface area contributed by atoms with Crippen LogP contribution in [0.1, 0.15) is 6.92 Å². The van der Waals surface area contributed by atoms with E-state index in [0.717, 1.165) is 18.7 Å². The van der Waals surface area contributed by atoms with Gasteiger partial charge >= 0.3 is 5.76 Å². The van der Waals surface area contributed by atoms with E-state index in [1.165, 1.54) is 0 Å². The topological polar surface area (TPSA) is 47.6 Å². The first kappa shape index (κ1) is 11.5. The fourth-order valence-corrected chi connectivity index (χ4v) is 2.30. The van der Waals surface area contributed by atoms with Crippen LogP contribution < -0.4 is 5.76 Å². The third-order valence-corrected chi connectivity index (χ3v) is 3.40. The van der Waals surface area contributed by atoms with Gasteiger partial charge in [0.25, 0.3) is 0 Å². The number of rotatable bonds is 2. The van der Waals surface area contributed by atoms with Crippen LogP contribution in [0.15, 0.2) is 33.5 Å². The predicted octanol–water partition coefficient (Wildman–Crippen LogP) is 1.27. The van der Waals surface area contributed by atoms with Gasteiger partial charge in [-0.2, -0.15) is 0 Å². The van der Waals surface area contributed by atoms with Crippen LogP contribution in [0, 0.1) is 0 Å². The summed E-state index contributed by atoms with van der Waals surface area (Å²) in [6.45, 7) is 4.93. The second-order valence-electron chi connectivity index (χ2n) is 4.64. The number of fused-ring (bicyclic) bond motifs is 1. The lowest BCUT2D eigenvalue weighted by Crippen LogP contribution is -2.45. The lowest BCUT2D eigenvalue weighted by atomic mass is 10.3. The molecule has 1 fully saturated rings. The number of nitrogens with zero attached hydrogens (tertiary/aromatic N) is 2. The predicted molar refractivity (Wildman–Crippen MR) is 67.5 cm³/mol. The molecule has 1 atom stereocenters. The number of para-hydroxylation sites is 2. The Labute approximate surface area is 105 Å². The van der Waals surface area contributed by atoms with Gasteiger partial charge in [-0.05, 0) is 19.1 Å². The highest BCUT2D eigenvalue weighted by Gasteiger charge is 2.20. The van der Waals surface area contributed by atoms with E-state index in [9.17, 15) is 4.79 Å². The van der Waals surface area contributed by atoms with E-state index in [2.05, 4.69) is 11.8 Å². The normalized spacial score (nSPS) is 21.5. The number of oxazole rings is 1. The molecule has 96 valence electrons. The molecule has 0 radical (unpaired) electrons. The van der Waals surface area contributed by atoms with Gasteiger partial charge < -0.3 is 9.15 Å². The smallest absolute Gasteiger partial charge is 0.408 e. The van der Waals surface area contributed by atoms with Crippen molar-refractivity contribution in [3.05, 3.63) is 34.8 Å². The maximum Gasteiger partial charge on any atom is 0.421 e. The minimum atomic E-state index is -0.296. The molecule has 3 rings (SSSR count). The van der Waals surface area contributed by atoms with Crippen LogP contribution in [0.4, 0.5) is 0 Å². The Kier molecular flexibility index (Phi) is 2.93. The average Bonchev–Trinajstić information content (AvgIpc) is 2.69. The van der Waals surface area contributed by atoms with E-state index in [1.807, 2.05) is 24.3 Å². The molecule has 5 heteroatoms. The summed E-state index contributed by atoms with van der Waals surface area (Å²) in [5.41, 5.74) is 1.49. The summed E-state index contributed by atoms with van der Waals surface area (Å²) < 4.78 is 12.3. The van der Waals surface area contributed by atoms with Gasteiger partial charge in [0.05, 0.1) is 25.4 Å². The molecule has 1 aromatic heterocycles. The molecule has 0 bridgehead atoms. The zero-order valence-electron chi connectivity index (χ0n) is 10.3. The Morgan fingerprint density at radius 1 is 1.39 bits per heavy atom. The molecule has 1 saturated heterocycles. The van der Waals surface area contributed by atoms with Gasteiger partial charge in [0.2, 0.25) is 0 Å². The number of aromatic nitrogens is 1. The molecule has 0 spiro atoms. The van der Waals surface area contributed by atoms with E-state index in [1.54, 1.807) is 4.57 Å². The maximum absolute atomic E-state index is 11.9. The summed E-state index contributed by atoms with van der Waals surface area (Å²) in [6.07, 6.45) is 0. The second kappa shape index (κ2) is 4.59. The van der Waals surface area contributed by atoms with Crippen molar-refractivity contribution in [1.29, 1.82) is 0 Å². The minimum Gasteiger partial charge on any atom is -0.408 e. The third kappa shape index (κ3) is 1.95. The van der Waals surface area contributed by atoms with Crippen LogP contribution >= 0.6 is 0 Å². The minimum absolute atomic E-state index is 0.296. The van der Waals surface area contributed by atoms with Crippen molar-refractivity contribution in [2.45, 2.75) is 19.6 Å². The zero-order chi connectivity index (χ0) is 12.5. The van der Waals surface area contributed by atoms with Crippen molar-refractivity contribution in [2.24, 2.45) is 0 Å². The molecule has 2 heterocycles. The van der Waals surface area contributed by atoms with Gasteiger partial charge in [-0.25, -0.2) is 4.79 Å². The first-order valence-corrected chi connectivity index (χ1v) is 6.16. The first-order chi connectivity index (χ1) is 8.75. The van der Waals surface area contributed by atoms with Crippen LogP contribution in [0.2, 0.25) is 0 Å². The maximum atomic E-state index is 11.9. The molecule has 1 unspecified atom stereocenters. The van der Waals surface area contributed by atoms with Crippen molar-refractivity contribution >= 4 is 11.1 Å². The number of ether oxygens (including phenoxy) is 1. The summed E-state index contributed by atoms with van der Waals surface area (Å²) in [7, 11) is 0. The molecule has 18 heavy (non-hydrogen) atoms. The molecule has 1 aliphatic heterocycles. The van der Waals surface area contributed by atoms with Gasteiger partial charge in [-0.1, -0.05) is 12.1 Å². The van der Waals surface area contributed by atoms with Gasteiger partial charge in [-0.3, -0.25) is 9.47 Å². The fraction of sp³-hybridized carbons (Fsp3) is 0.462. The molecule has 1 aliphatic rings. The van der Waals surface area contributed by atoms with Crippen LogP contribution in [0.5, 0.6) is 0 Å². The van der Waals surface area contributed by atoms with Crippen molar-refractivity contribution in [1.82, 2.24) is 9.47 Å². The number of morpholine rings is 1. The van der Waals surface area contributed by atoms with E-state index >= 15 is 0 Å². The summed E-state index contributed by atoms with van der Waals surface area (Å²) in [6, 6.07) is 7.82. The van der Waals surface area contributed by atoms with E-state index < -0.39 is 0 Å². The van der Waals surface area contributed by atoms with Gasteiger partial charge in [0.15, 0.2) is 5.58 Å². The quantitative estimate of drug-likeness (QED) is 0.803. The van der Waals surface area contributed by atoms with Crippen LogP contribution in [-0.4, -0.2) is 35.3 Å². The molecule has 0 saturated carbocycles. The highest BCUT2D eigenvalue weighted by molar-refractivity contribution is 5.72. The molecule has 0 amide bonds. The van der Waals surface area contributed by atoms with E-state index in [-0.39, 0.29) is 5.76 Å². The Hall–Kier alpha value is -1.59. The Bertz CT molecular complexity index is 602. The largest absolute Gasteiger partial charge is 0.421 e. The molecular formula is C13H16N2O3. The summed E-state index contributed by atoms with van der Waals surface area (Å²) in [5.74, 6) is -0.296. The van der Waals surface area contributed by atoms with Gasteiger partial charge in [-0.15, -0.1) is 0 Å². The Balaban J connectivity index is 1.94. The summed E-state index contributed by atoms with van der Waals surface area (Å²) in [5, 5.41) is 0. The molecular weight excluding hydrogens is 232 g/mol. The van der Waals surface area contributed by atoms with Crippen LogP contribution in [0.25, 0.3) is 11.1 Å². The summed E-state index contributed by atoms with van der Waals surface area (Å²) in [4.78, 5) is 14.1. The second-order valence-corrected chi connectivity index (χ2v) is 4.64. The Morgan fingerprint density at radius 2 is 2.22 bits per heavy atom. The highest BCUT2D eigenvalue weighted by Crippen LogP contribution is 2.14. The van der Waals surface area contributed by atoms with Crippen molar-refractivity contribution in [3.63, 3.8) is 0 Å². The Morgan fingerprint density at radius 3 is 3.06 bits per heavy atom. The molecule has 0 N–H and O–H groups in total. The number of hydrogen-bond donors (Lipinski definition) is 0. The van der Waals surface area contributed by atoms with E-state index in [4.69, 9.17) is 9.15 Å². The molecule has 0 aliphatic carbocycles. The standard InChI is InChI=1S/C13H16N2O3/c1-10-8-17-7-6-14(10)9-15-11-4-2-3-5-12(11)18-13(15)16/h2-5,10H,6-9H2,1H3. The number of hydrogen-bond acceptors (Lipinski definition) is 4. The molecule has 1 aromatic carbocycles. The van der Waals surface area contributed by atoms with Crippen molar-refractivity contribution < 1.29 is 9.15 Å². The van der Waals surface area contributed by atoms with Crippen LogP contribution in [0.3, 0.4) is 0 Å². The molecule has 2 aromatic rings. The van der Waals surface area contributed by atoms with Crippen LogP contribution in [-0.2, 0) is 11.4 Å². The number of benzene rings is 1.